The molecule has 0 amide bonds. The van der Waals surface area contributed by atoms with E-state index in [9.17, 15) is 0 Å². The summed E-state index contributed by atoms with van der Waals surface area (Å²) in [4.78, 5) is 0. The minimum Gasteiger partial charge on any atom is -0.385 e. The zero-order valence-corrected chi connectivity index (χ0v) is 9.49. The van der Waals surface area contributed by atoms with Gasteiger partial charge in [0.05, 0.1) is 0 Å². The fourth-order valence-electron chi connectivity index (χ4n) is 1.58. The summed E-state index contributed by atoms with van der Waals surface area (Å²) in [5, 5.41) is 0. The number of hydrogen-bond donors (Lipinski definition) is 2. The third-order valence-corrected chi connectivity index (χ3v) is 2.52. The molecule has 3 heteroatoms. The van der Waals surface area contributed by atoms with E-state index < -0.39 is 0 Å². The lowest BCUT2D eigenvalue weighted by Crippen LogP contribution is -2.28. The molecule has 0 aliphatic heterocycles. The molecular weight excluding hydrogens is 188 g/mol. The molecule has 0 bridgehead atoms. The van der Waals surface area contributed by atoms with E-state index in [2.05, 4.69) is 36.6 Å². The Morgan fingerprint density at radius 1 is 1.33 bits per heavy atom. The van der Waals surface area contributed by atoms with Crippen LogP contribution in [0, 0.1) is 6.92 Å². The first-order chi connectivity index (χ1) is 7.27. The first-order valence-corrected chi connectivity index (χ1v) is 5.29. The molecule has 0 aromatic heterocycles. The number of ether oxygens (including phenoxy) is 1. The molecule has 0 saturated carbocycles. The van der Waals surface area contributed by atoms with Crippen LogP contribution in [0.25, 0.3) is 0 Å². The van der Waals surface area contributed by atoms with Gasteiger partial charge in [-0.3, -0.25) is 11.3 Å². The van der Waals surface area contributed by atoms with Crippen molar-refractivity contribution in [3.63, 3.8) is 0 Å². The van der Waals surface area contributed by atoms with Gasteiger partial charge in [-0.25, -0.2) is 0 Å². The Labute approximate surface area is 91.6 Å². The quantitative estimate of drug-likeness (QED) is 0.426. The van der Waals surface area contributed by atoms with E-state index in [1.165, 1.54) is 11.1 Å². The maximum atomic E-state index is 5.53. The average molecular weight is 208 g/mol. The standard InChI is InChI=1S/C12H20N2O/c1-10-5-7-11(8-6-10)12(14-13)4-3-9-15-2/h5-8,12,14H,3-4,9,13H2,1-2H3. The van der Waals surface area contributed by atoms with Crippen molar-refractivity contribution in [3.05, 3.63) is 35.4 Å². The van der Waals surface area contributed by atoms with Gasteiger partial charge in [-0.1, -0.05) is 29.8 Å². The molecule has 15 heavy (non-hydrogen) atoms. The number of nitrogens with two attached hydrogens (primary N) is 1. The first-order valence-electron chi connectivity index (χ1n) is 5.29. The van der Waals surface area contributed by atoms with Crippen LogP contribution in [0.4, 0.5) is 0 Å². The maximum Gasteiger partial charge on any atom is 0.0462 e. The minimum atomic E-state index is 0.223. The van der Waals surface area contributed by atoms with Crippen molar-refractivity contribution in [2.75, 3.05) is 13.7 Å². The lowest BCUT2D eigenvalue weighted by molar-refractivity contribution is 0.189. The molecule has 1 atom stereocenters. The largest absolute Gasteiger partial charge is 0.385 e. The van der Waals surface area contributed by atoms with Crippen molar-refractivity contribution in [3.8, 4) is 0 Å². The lowest BCUT2D eigenvalue weighted by atomic mass is 10.0. The van der Waals surface area contributed by atoms with E-state index in [0.717, 1.165) is 19.4 Å². The maximum absolute atomic E-state index is 5.53. The molecule has 1 aromatic carbocycles. The van der Waals surface area contributed by atoms with Crippen molar-refractivity contribution in [2.24, 2.45) is 5.84 Å². The second kappa shape index (κ2) is 6.56. The summed E-state index contributed by atoms with van der Waals surface area (Å²) in [5.74, 6) is 5.53. The van der Waals surface area contributed by atoms with Gasteiger partial charge in [0.1, 0.15) is 0 Å². The summed E-state index contributed by atoms with van der Waals surface area (Å²) in [6.45, 7) is 2.86. The summed E-state index contributed by atoms with van der Waals surface area (Å²) >= 11 is 0. The molecular formula is C12H20N2O. The van der Waals surface area contributed by atoms with Crippen molar-refractivity contribution in [1.82, 2.24) is 5.43 Å². The molecule has 1 rings (SSSR count). The molecule has 0 aliphatic carbocycles. The van der Waals surface area contributed by atoms with Crippen LogP contribution < -0.4 is 11.3 Å². The highest BCUT2D eigenvalue weighted by Gasteiger charge is 2.08. The van der Waals surface area contributed by atoms with Crippen LogP contribution in [0.15, 0.2) is 24.3 Å². The highest BCUT2D eigenvalue weighted by Crippen LogP contribution is 2.17. The second-order valence-electron chi connectivity index (χ2n) is 3.76. The van der Waals surface area contributed by atoms with Crippen molar-refractivity contribution in [1.29, 1.82) is 0 Å². The fraction of sp³-hybridized carbons (Fsp3) is 0.500. The zero-order valence-electron chi connectivity index (χ0n) is 9.49. The SMILES string of the molecule is COCCCC(NN)c1ccc(C)cc1. The highest BCUT2D eigenvalue weighted by molar-refractivity contribution is 5.23. The molecule has 0 spiro atoms. The van der Waals surface area contributed by atoms with E-state index in [0.29, 0.717) is 0 Å². The third kappa shape index (κ3) is 4.00. The van der Waals surface area contributed by atoms with Crippen LogP contribution in [-0.4, -0.2) is 13.7 Å². The smallest absolute Gasteiger partial charge is 0.0462 e. The molecule has 84 valence electrons. The molecule has 3 N–H and O–H groups in total. The highest BCUT2D eigenvalue weighted by atomic mass is 16.5. The fourth-order valence-corrected chi connectivity index (χ4v) is 1.58. The Morgan fingerprint density at radius 3 is 2.53 bits per heavy atom. The summed E-state index contributed by atoms with van der Waals surface area (Å²) in [7, 11) is 1.72. The molecule has 0 fully saturated rings. The molecule has 3 nitrogen and oxygen atoms in total. The van der Waals surface area contributed by atoms with Gasteiger partial charge in [0.2, 0.25) is 0 Å². The van der Waals surface area contributed by atoms with Crippen LogP contribution in [0.3, 0.4) is 0 Å². The molecule has 0 aliphatic rings. The van der Waals surface area contributed by atoms with E-state index >= 15 is 0 Å². The number of hydrogen-bond acceptors (Lipinski definition) is 3. The summed E-state index contributed by atoms with van der Waals surface area (Å²) < 4.78 is 5.02. The Balaban J connectivity index is 2.53. The average Bonchev–Trinajstić information content (AvgIpc) is 2.26. The van der Waals surface area contributed by atoms with Gasteiger partial charge in [0, 0.05) is 19.8 Å². The number of nitrogens with one attached hydrogen (secondary N) is 1. The number of hydrazine groups is 1. The summed E-state index contributed by atoms with van der Waals surface area (Å²) in [5.41, 5.74) is 5.35. The number of rotatable bonds is 6. The van der Waals surface area contributed by atoms with Crippen LogP contribution in [0.5, 0.6) is 0 Å². The van der Waals surface area contributed by atoms with E-state index in [1.807, 2.05) is 0 Å². The molecule has 1 aromatic rings. The molecule has 0 radical (unpaired) electrons. The van der Waals surface area contributed by atoms with Crippen LogP contribution >= 0.6 is 0 Å². The van der Waals surface area contributed by atoms with Gasteiger partial charge in [0.15, 0.2) is 0 Å². The minimum absolute atomic E-state index is 0.223. The van der Waals surface area contributed by atoms with Gasteiger partial charge in [-0.2, -0.15) is 0 Å². The Kier molecular flexibility index (Phi) is 5.32. The predicted molar refractivity (Wildman–Crippen MR) is 62.4 cm³/mol. The van der Waals surface area contributed by atoms with Crippen LogP contribution in [-0.2, 0) is 4.74 Å². The zero-order chi connectivity index (χ0) is 11.1. The van der Waals surface area contributed by atoms with E-state index in [-0.39, 0.29) is 6.04 Å². The Morgan fingerprint density at radius 2 is 2.00 bits per heavy atom. The van der Waals surface area contributed by atoms with E-state index in [1.54, 1.807) is 7.11 Å². The first kappa shape index (κ1) is 12.2. The Hall–Kier alpha value is -0.900. The Bertz CT molecular complexity index is 271. The topological polar surface area (TPSA) is 47.3 Å². The van der Waals surface area contributed by atoms with E-state index in [4.69, 9.17) is 10.6 Å². The van der Waals surface area contributed by atoms with Crippen LogP contribution in [0.2, 0.25) is 0 Å². The van der Waals surface area contributed by atoms with Gasteiger partial charge >= 0.3 is 0 Å². The molecule has 1 unspecified atom stereocenters. The summed E-state index contributed by atoms with van der Waals surface area (Å²) in [6.07, 6.45) is 2.01. The van der Waals surface area contributed by atoms with Crippen molar-refractivity contribution < 1.29 is 4.74 Å². The van der Waals surface area contributed by atoms with Gasteiger partial charge < -0.3 is 4.74 Å². The second-order valence-corrected chi connectivity index (χ2v) is 3.76. The van der Waals surface area contributed by atoms with Crippen LogP contribution in [0.1, 0.15) is 30.0 Å². The molecule has 0 heterocycles. The van der Waals surface area contributed by atoms with Crippen molar-refractivity contribution in [2.45, 2.75) is 25.8 Å². The van der Waals surface area contributed by atoms with Gasteiger partial charge in [0.25, 0.3) is 0 Å². The van der Waals surface area contributed by atoms with Gasteiger partial charge in [-0.15, -0.1) is 0 Å². The number of benzene rings is 1. The molecule has 0 saturated heterocycles. The number of aryl methyl sites for hydroxylation is 1. The number of methoxy groups -OCH3 is 1. The normalized spacial score (nSPS) is 12.7. The third-order valence-electron chi connectivity index (χ3n) is 2.52. The predicted octanol–water partition coefficient (Wildman–Crippen LogP) is 1.93. The monoisotopic (exact) mass is 208 g/mol. The lowest BCUT2D eigenvalue weighted by Gasteiger charge is -2.16. The summed E-state index contributed by atoms with van der Waals surface area (Å²) in [6, 6.07) is 8.67. The van der Waals surface area contributed by atoms with Gasteiger partial charge in [-0.05, 0) is 25.3 Å². The van der Waals surface area contributed by atoms with Crippen molar-refractivity contribution >= 4 is 0 Å².